The van der Waals surface area contributed by atoms with Gasteiger partial charge in [0.15, 0.2) is 0 Å². The summed E-state index contributed by atoms with van der Waals surface area (Å²) in [4.78, 5) is 0. The lowest BCUT2D eigenvalue weighted by atomic mass is 9.49. The van der Waals surface area contributed by atoms with Gasteiger partial charge in [0.25, 0.3) is 0 Å². The fourth-order valence-corrected chi connectivity index (χ4v) is 51.5. The first-order chi connectivity index (χ1) is 33.1. The fraction of sp³-hybridized carbons (Fsp3) is 0.446. The van der Waals surface area contributed by atoms with E-state index in [9.17, 15) is 0 Å². The van der Waals surface area contributed by atoms with E-state index in [1.165, 1.54) is 55.2 Å². The lowest BCUT2D eigenvalue weighted by molar-refractivity contribution is 0.327. The van der Waals surface area contributed by atoms with Gasteiger partial charge in [0.2, 0.25) is 6.37 Å². The summed E-state index contributed by atoms with van der Waals surface area (Å²) in [6, 6.07) is 47.8. The Balaban J connectivity index is 1.18. The summed E-state index contributed by atoms with van der Waals surface area (Å²) in [7, 11) is 8.92. The molecule has 0 spiro atoms. The van der Waals surface area contributed by atoms with Crippen LogP contribution in [0.2, 0.25) is 6.04 Å². The Morgan fingerprint density at radius 1 is 0.343 bits per heavy atom. The molecule has 0 N–H and O–H groups in total. The third-order valence-electron chi connectivity index (χ3n) is 20.8. The first kappa shape index (κ1) is 45.5. The first-order valence-corrected chi connectivity index (χ1v) is 35.1. The predicted molar refractivity (Wildman–Crippen MR) is 307 cm³/mol. The van der Waals surface area contributed by atoms with E-state index in [-0.39, 0.29) is 54.8 Å². The zero-order valence-corrected chi connectivity index (χ0v) is 47.9. The molecule has 1 saturated heterocycles. The Hall–Kier alpha value is -3.06. The van der Waals surface area contributed by atoms with Crippen molar-refractivity contribution in [3.8, 4) is 0 Å². The Kier molecular flexibility index (Phi) is 9.24. The lowest BCUT2D eigenvalue weighted by Gasteiger charge is -2.60. The van der Waals surface area contributed by atoms with Gasteiger partial charge in [0.1, 0.15) is 0 Å². The average Bonchev–Trinajstić information content (AvgIpc) is 3.82. The van der Waals surface area contributed by atoms with Gasteiger partial charge in [-0.15, -0.1) is 0 Å². The SMILES string of the molecule is CC1(C)CCC(C)(C)c2cc3c(cc21)C1c2cc4c(cc2C3(C[Si]2(C35c6ccccc6C(c6ccccc63)c3ccccc35)SSSS2)c2cc3c(cc21)C(C)(C)CCC3(C)C)C(C)(C)CCC4(C)C. The van der Waals surface area contributed by atoms with Crippen LogP contribution in [0.25, 0.3) is 0 Å². The second kappa shape index (κ2) is 14.2. The molecule has 6 aromatic rings. The van der Waals surface area contributed by atoms with Crippen molar-refractivity contribution in [2.75, 3.05) is 0 Å². The third-order valence-corrected chi connectivity index (χ3v) is 44.8. The van der Waals surface area contributed by atoms with Gasteiger partial charge in [-0.25, -0.2) is 0 Å². The molecular formula is C65H70S4Si. The highest BCUT2D eigenvalue weighted by atomic mass is 33.8. The molecule has 0 nitrogen and oxygen atoms in total. The third kappa shape index (κ3) is 5.54. The number of rotatable bonds is 3. The molecule has 1 heterocycles. The zero-order chi connectivity index (χ0) is 48.6. The van der Waals surface area contributed by atoms with Crippen LogP contribution in [0.4, 0.5) is 0 Å². The summed E-state index contributed by atoms with van der Waals surface area (Å²) in [5.41, 5.74) is 29.0. The molecule has 358 valence electrons. The minimum absolute atomic E-state index is 0.0854. The van der Waals surface area contributed by atoms with E-state index in [1.54, 1.807) is 83.5 Å². The average molecular weight is 1010 g/mol. The van der Waals surface area contributed by atoms with Crippen molar-refractivity contribution in [1.82, 2.24) is 0 Å². The van der Waals surface area contributed by atoms with Crippen molar-refractivity contribution in [1.29, 1.82) is 0 Å². The van der Waals surface area contributed by atoms with E-state index in [1.807, 2.05) is 0 Å². The van der Waals surface area contributed by atoms with Crippen LogP contribution in [0, 0.1) is 0 Å². The molecule has 0 amide bonds. The van der Waals surface area contributed by atoms with Crippen LogP contribution in [0.15, 0.2) is 109 Å². The van der Waals surface area contributed by atoms with Gasteiger partial charge in [0, 0.05) is 17.3 Å². The van der Waals surface area contributed by atoms with Crippen LogP contribution < -0.4 is 0 Å². The van der Waals surface area contributed by atoms with E-state index in [2.05, 4.69) is 232 Å². The summed E-state index contributed by atoms with van der Waals surface area (Å²) >= 11 is 0. The molecule has 4 bridgehead atoms. The number of benzene rings is 6. The second-order valence-electron chi connectivity index (χ2n) is 27.3. The summed E-state index contributed by atoms with van der Waals surface area (Å²) < 4.78 is 0. The second-order valence-corrected chi connectivity index (χ2v) is 42.7. The van der Waals surface area contributed by atoms with Crippen molar-refractivity contribution in [2.45, 2.75) is 182 Å². The molecule has 1 fully saturated rings. The van der Waals surface area contributed by atoms with Gasteiger partial charge in [-0.3, -0.25) is 0 Å². The highest BCUT2D eigenvalue weighted by Gasteiger charge is 2.70. The van der Waals surface area contributed by atoms with Gasteiger partial charge in [-0.05, 0) is 197 Å². The largest absolute Gasteiger partial charge is 0.225 e. The Morgan fingerprint density at radius 3 is 0.929 bits per heavy atom. The molecule has 70 heavy (non-hydrogen) atoms. The monoisotopic (exact) mass is 1010 g/mol. The van der Waals surface area contributed by atoms with Crippen molar-refractivity contribution < 1.29 is 0 Å². The van der Waals surface area contributed by atoms with E-state index in [0.717, 1.165) is 6.04 Å². The van der Waals surface area contributed by atoms with Gasteiger partial charge in [-0.2, -0.15) is 0 Å². The van der Waals surface area contributed by atoms with Crippen LogP contribution in [0.3, 0.4) is 0 Å². The fourth-order valence-electron chi connectivity index (χ4n) is 16.6. The zero-order valence-electron chi connectivity index (χ0n) is 43.6. The van der Waals surface area contributed by atoms with Crippen molar-refractivity contribution in [3.63, 3.8) is 0 Å². The Bertz CT molecular complexity index is 2970. The summed E-state index contributed by atoms with van der Waals surface area (Å²) in [5.74, 6) is 0.450. The molecule has 0 saturated carbocycles. The predicted octanol–water partition coefficient (Wildman–Crippen LogP) is 18.4. The Morgan fingerprint density at radius 2 is 0.614 bits per heavy atom. The van der Waals surface area contributed by atoms with E-state index >= 15 is 0 Å². The smallest absolute Gasteiger partial charge is 0.0927 e. The van der Waals surface area contributed by atoms with Crippen LogP contribution in [-0.2, 0) is 42.9 Å². The van der Waals surface area contributed by atoms with Crippen molar-refractivity contribution in [2.24, 2.45) is 0 Å². The molecule has 1 aliphatic heterocycles. The van der Waals surface area contributed by atoms with Crippen molar-refractivity contribution in [3.05, 3.63) is 209 Å². The van der Waals surface area contributed by atoms with Crippen LogP contribution in [-0.4, -0.2) is 6.37 Å². The van der Waals surface area contributed by atoms with Gasteiger partial charge in [-0.1, -0.05) is 213 Å². The highest BCUT2D eigenvalue weighted by molar-refractivity contribution is 9.41. The molecule has 0 atom stereocenters. The molecule has 0 radical (unpaired) electrons. The maximum atomic E-state index is 2.89. The number of fused-ring (bicyclic) bond motifs is 3. The summed E-state index contributed by atoms with van der Waals surface area (Å²) in [6.07, 6.45) is 4.53. The maximum absolute atomic E-state index is 2.89. The number of hydrogen-bond donors (Lipinski definition) is 0. The molecule has 9 aliphatic carbocycles. The van der Waals surface area contributed by atoms with E-state index in [0.29, 0.717) is 0 Å². The molecule has 5 heteroatoms. The topological polar surface area (TPSA) is 0 Å². The minimum atomic E-state index is -2.80. The molecular weight excluding hydrogens is 937 g/mol. The molecule has 0 unspecified atom stereocenters. The summed E-state index contributed by atoms with van der Waals surface area (Å²) in [5, 5.41) is -0.276. The van der Waals surface area contributed by atoms with Crippen LogP contribution in [0.1, 0.15) is 234 Å². The van der Waals surface area contributed by atoms with Crippen molar-refractivity contribution >= 4 is 46.5 Å². The maximum Gasteiger partial charge on any atom is 0.225 e. The molecule has 6 aromatic carbocycles. The standard InChI is InChI=1S/C65H70S4Si/c1-58(2)25-28-61(7,8)53-34-47-41(31-50(53)58)57-42-32-51-54(62(9,10)29-26-59(51,3)4)35-48(42)64(47,49-36-55-52(33-43(49)57)60(5,6)27-30-63(55,11)12)37-70(68-66-67-69-70)65-44-22-16-13-19-38(44)56(39-20-14-17-23-45(39)65)40-21-15-18-24-46(40)65/h13-24,31-36,56-57H,25-30,37H2,1-12H3. The molecule has 10 aliphatic rings. The normalized spacial score (nSPS) is 29.0. The first-order valence-electron chi connectivity index (χ1n) is 26.7. The van der Waals surface area contributed by atoms with Gasteiger partial charge in [0.05, 0.1) is 5.04 Å². The Labute approximate surface area is 435 Å². The number of hydrogen-bond acceptors (Lipinski definition) is 4. The van der Waals surface area contributed by atoms with Crippen LogP contribution >= 0.6 is 40.1 Å². The lowest BCUT2D eigenvalue weighted by Crippen LogP contribution is -2.61. The quantitative estimate of drug-likeness (QED) is 0.128. The molecule has 0 aromatic heterocycles. The van der Waals surface area contributed by atoms with E-state index < -0.39 is 6.37 Å². The minimum Gasteiger partial charge on any atom is -0.0927 e. The van der Waals surface area contributed by atoms with Gasteiger partial charge >= 0.3 is 0 Å². The van der Waals surface area contributed by atoms with E-state index in [4.69, 9.17) is 0 Å². The van der Waals surface area contributed by atoms with Gasteiger partial charge < -0.3 is 0 Å². The molecule has 16 rings (SSSR count). The van der Waals surface area contributed by atoms with Crippen LogP contribution in [0.5, 0.6) is 0 Å². The summed E-state index contributed by atoms with van der Waals surface area (Å²) in [6.45, 7) is 30.8. The highest BCUT2D eigenvalue weighted by Crippen LogP contribution is 2.79.